The zero-order valence-electron chi connectivity index (χ0n) is 11.4. The summed E-state index contributed by atoms with van der Waals surface area (Å²) in [4.78, 5) is 0. The van der Waals surface area contributed by atoms with E-state index < -0.39 is 5.60 Å². The zero-order valence-corrected chi connectivity index (χ0v) is 11.4. The van der Waals surface area contributed by atoms with Gasteiger partial charge in [-0.3, -0.25) is 11.3 Å². The lowest BCUT2D eigenvalue weighted by molar-refractivity contribution is -0.111. The van der Waals surface area contributed by atoms with Gasteiger partial charge in [0.1, 0.15) is 5.82 Å². The van der Waals surface area contributed by atoms with Crippen molar-refractivity contribution >= 4 is 0 Å². The molecule has 4 nitrogen and oxygen atoms in total. The second kappa shape index (κ2) is 5.96. The number of hydrogen-bond donors (Lipinski definition) is 2. The molecule has 0 spiro atoms. The summed E-state index contributed by atoms with van der Waals surface area (Å²) in [5.74, 6) is 5.47. The first-order valence-electron chi connectivity index (χ1n) is 6.48. The summed E-state index contributed by atoms with van der Waals surface area (Å²) in [6.45, 7) is 2.99. The maximum Gasteiger partial charge on any atom is 0.126 e. The van der Waals surface area contributed by atoms with Gasteiger partial charge in [0.05, 0.1) is 11.6 Å². The number of ether oxygens (including phenoxy) is 2. The Kier molecular flexibility index (Phi) is 4.52. The Morgan fingerprint density at radius 2 is 2.11 bits per heavy atom. The molecule has 0 amide bonds. The van der Waals surface area contributed by atoms with Crippen LogP contribution in [0.2, 0.25) is 0 Å². The summed E-state index contributed by atoms with van der Waals surface area (Å²) >= 11 is 0. The second-order valence-electron chi connectivity index (χ2n) is 4.99. The van der Waals surface area contributed by atoms with Crippen LogP contribution in [0.4, 0.5) is 4.39 Å². The van der Waals surface area contributed by atoms with Gasteiger partial charge in [-0.05, 0) is 24.1 Å². The molecule has 2 rings (SSSR count). The van der Waals surface area contributed by atoms with Gasteiger partial charge in [-0.2, -0.15) is 0 Å². The van der Waals surface area contributed by atoms with Crippen molar-refractivity contribution in [3.05, 3.63) is 35.1 Å². The number of nitrogens with one attached hydrogen (secondary N) is 1. The Labute approximate surface area is 113 Å². The molecule has 1 atom stereocenters. The van der Waals surface area contributed by atoms with Crippen LogP contribution < -0.4 is 11.3 Å². The quantitative estimate of drug-likeness (QED) is 0.646. The summed E-state index contributed by atoms with van der Waals surface area (Å²) in [5, 5.41) is 0. The van der Waals surface area contributed by atoms with Crippen molar-refractivity contribution < 1.29 is 13.9 Å². The van der Waals surface area contributed by atoms with Crippen molar-refractivity contribution in [3.63, 3.8) is 0 Å². The van der Waals surface area contributed by atoms with Crippen LogP contribution >= 0.6 is 0 Å². The smallest absolute Gasteiger partial charge is 0.126 e. The predicted molar refractivity (Wildman–Crippen MR) is 71.0 cm³/mol. The van der Waals surface area contributed by atoms with Crippen LogP contribution in [0.15, 0.2) is 18.2 Å². The Hall–Kier alpha value is -1.01. The third-order valence-corrected chi connectivity index (χ3v) is 3.97. The first-order valence-corrected chi connectivity index (χ1v) is 6.48. The summed E-state index contributed by atoms with van der Waals surface area (Å²) in [5.41, 5.74) is 3.75. The van der Waals surface area contributed by atoms with Gasteiger partial charge in [-0.25, -0.2) is 4.39 Å². The molecule has 0 radical (unpaired) electrons. The third-order valence-electron chi connectivity index (χ3n) is 3.97. The molecule has 1 unspecified atom stereocenters. The van der Waals surface area contributed by atoms with Crippen molar-refractivity contribution in [1.82, 2.24) is 5.43 Å². The van der Waals surface area contributed by atoms with Crippen molar-refractivity contribution in [2.24, 2.45) is 5.84 Å². The normalized spacial score (nSPS) is 20.2. The monoisotopic (exact) mass is 268 g/mol. The van der Waals surface area contributed by atoms with Crippen LogP contribution in [0.5, 0.6) is 0 Å². The fourth-order valence-corrected chi connectivity index (χ4v) is 2.67. The highest BCUT2D eigenvalue weighted by atomic mass is 19.1. The minimum atomic E-state index is -0.450. The van der Waals surface area contributed by atoms with Crippen LogP contribution in [0.25, 0.3) is 0 Å². The molecule has 19 heavy (non-hydrogen) atoms. The topological polar surface area (TPSA) is 56.5 Å². The highest BCUT2D eigenvalue weighted by Crippen LogP contribution is 2.37. The van der Waals surface area contributed by atoms with Gasteiger partial charge in [-0.15, -0.1) is 0 Å². The van der Waals surface area contributed by atoms with E-state index in [0.29, 0.717) is 18.8 Å². The van der Waals surface area contributed by atoms with Crippen molar-refractivity contribution in [1.29, 1.82) is 0 Å². The number of aryl methyl sites for hydroxylation is 1. The molecule has 1 aromatic carbocycles. The SMILES string of the molecule is COC1(C(NN)c2ccc(C)c(F)c2)CCOCC1. The van der Waals surface area contributed by atoms with Crippen LogP contribution in [-0.2, 0) is 9.47 Å². The van der Waals surface area contributed by atoms with Crippen LogP contribution in [0.1, 0.15) is 30.0 Å². The van der Waals surface area contributed by atoms with Crippen LogP contribution in [-0.4, -0.2) is 25.9 Å². The zero-order chi connectivity index (χ0) is 13.9. The molecule has 1 aliphatic heterocycles. The van der Waals surface area contributed by atoms with Crippen LogP contribution in [0.3, 0.4) is 0 Å². The lowest BCUT2D eigenvalue weighted by Crippen LogP contribution is -2.51. The molecule has 0 bridgehead atoms. The Bertz CT molecular complexity index is 433. The van der Waals surface area contributed by atoms with Gasteiger partial charge in [0.2, 0.25) is 0 Å². The first-order chi connectivity index (χ1) is 9.13. The minimum absolute atomic E-state index is 0.226. The summed E-state index contributed by atoms with van der Waals surface area (Å²) in [6, 6.07) is 4.92. The molecule has 1 aliphatic rings. The second-order valence-corrected chi connectivity index (χ2v) is 4.99. The van der Waals surface area contributed by atoms with E-state index >= 15 is 0 Å². The molecule has 3 N–H and O–H groups in total. The fourth-order valence-electron chi connectivity index (χ4n) is 2.67. The molecular formula is C14H21FN2O2. The van der Waals surface area contributed by atoms with E-state index in [1.807, 2.05) is 6.07 Å². The molecule has 1 heterocycles. The molecule has 1 aromatic rings. The minimum Gasteiger partial charge on any atom is -0.381 e. The lowest BCUT2D eigenvalue weighted by Gasteiger charge is -2.42. The highest BCUT2D eigenvalue weighted by Gasteiger charge is 2.41. The Balaban J connectivity index is 2.33. The van der Waals surface area contributed by atoms with E-state index in [9.17, 15) is 4.39 Å². The van der Waals surface area contributed by atoms with E-state index in [0.717, 1.165) is 18.4 Å². The van der Waals surface area contributed by atoms with Crippen LogP contribution in [0, 0.1) is 12.7 Å². The standard InChI is InChI=1S/C14H21FN2O2/c1-10-3-4-11(9-12(10)15)13(17-16)14(18-2)5-7-19-8-6-14/h3-4,9,13,17H,5-8,16H2,1-2H3. The maximum atomic E-state index is 13.7. The molecule has 0 aliphatic carbocycles. The molecule has 5 heteroatoms. The van der Waals surface area contributed by atoms with Crippen molar-refractivity contribution in [3.8, 4) is 0 Å². The summed E-state index contributed by atoms with van der Waals surface area (Å²) in [6.07, 6.45) is 1.46. The number of hydrogen-bond acceptors (Lipinski definition) is 4. The first kappa shape index (κ1) is 14.4. The van der Waals surface area contributed by atoms with Gasteiger partial charge >= 0.3 is 0 Å². The summed E-state index contributed by atoms with van der Waals surface area (Å²) < 4.78 is 24.8. The summed E-state index contributed by atoms with van der Waals surface area (Å²) in [7, 11) is 1.67. The molecule has 0 saturated carbocycles. The van der Waals surface area contributed by atoms with Crippen molar-refractivity contribution in [2.45, 2.75) is 31.4 Å². The van der Waals surface area contributed by atoms with E-state index in [1.54, 1.807) is 20.1 Å². The highest BCUT2D eigenvalue weighted by molar-refractivity contribution is 5.28. The van der Waals surface area contributed by atoms with Crippen molar-refractivity contribution in [2.75, 3.05) is 20.3 Å². The van der Waals surface area contributed by atoms with Gasteiger partial charge in [0.25, 0.3) is 0 Å². The van der Waals surface area contributed by atoms with E-state index in [1.165, 1.54) is 6.07 Å². The number of benzene rings is 1. The lowest BCUT2D eigenvalue weighted by atomic mass is 9.82. The fraction of sp³-hybridized carbons (Fsp3) is 0.571. The van der Waals surface area contributed by atoms with Gasteiger partial charge < -0.3 is 9.47 Å². The average molecular weight is 268 g/mol. The average Bonchev–Trinajstić information content (AvgIpc) is 2.44. The number of hydrazine groups is 1. The van der Waals surface area contributed by atoms with E-state index in [2.05, 4.69) is 5.43 Å². The molecular weight excluding hydrogens is 247 g/mol. The number of halogens is 1. The molecule has 1 fully saturated rings. The Morgan fingerprint density at radius 3 is 2.63 bits per heavy atom. The van der Waals surface area contributed by atoms with Gasteiger partial charge in [0, 0.05) is 33.2 Å². The molecule has 1 saturated heterocycles. The molecule has 106 valence electrons. The largest absolute Gasteiger partial charge is 0.381 e. The van der Waals surface area contributed by atoms with E-state index in [4.69, 9.17) is 15.3 Å². The Morgan fingerprint density at radius 1 is 1.42 bits per heavy atom. The number of rotatable bonds is 4. The maximum absolute atomic E-state index is 13.7. The van der Waals surface area contributed by atoms with Gasteiger partial charge in [0.15, 0.2) is 0 Å². The number of methoxy groups -OCH3 is 1. The number of nitrogens with two attached hydrogens (primary N) is 1. The van der Waals surface area contributed by atoms with E-state index in [-0.39, 0.29) is 11.9 Å². The van der Waals surface area contributed by atoms with Gasteiger partial charge in [-0.1, -0.05) is 12.1 Å². The third kappa shape index (κ3) is 2.79. The molecule has 0 aromatic heterocycles. The predicted octanol–water partition coefficient (Wildman–Crippen LogP) is 1.83.